The van der Waals surface area contributed by atoms with Crippen LogP contribution in [0.3, 0.4) is 0 Å². The third-order valence-electron chi connectivity index (χ3n) is 15.8. The number of benzene rings is 4. The Morgan fingerprint density at radius 1 is 0.768 bits per heavy atom. The number of β-amino-alcohol motifs (C(OH)–C–C–N with tert-alkyl or cyclic N) is 1. The van der Waals surface area contributed by atoms with Crippen molar-refractivity contribution in [2.24, 2.45) is 5.41 Å². The molecule has 1 aliphatic carbocycles. The van der Waals surface area contributed by atoms with Crippen molar-refractivity contribution in [1.29, 1.82) is 5.41 Å². The number of carbonyl (C=O) groups excluding carboxylic acids is 4. The number of aromatic nitrogens is 4. The highest BCUT2D eigenvalue weighted by Gasteiger charge is 2.44. The van der Waals surface area contributed by atoms with Crippen LogP contribution < -0.4 is 21.4 Å². The minimum Gasteiger partial charge on any atom is -0.393 e. The number of unbranched alkanes of at least 4 members (excludes halogenated alkanes) is 4. The van der Waals surface area contributed by atoms with E-state index in [1.807, 2.05) is 117 Å². The Balaban J connectivity index is 0.715. The fourth-order valence-electron chi connectivity index (χ4n) is 11.3. The van der Waals surface area contributed by atoms with Crippen molar-refractivity contribution in [2.75, 3.05) is 13.1 Å². The monoisotopic (exact) mass is 1120 g/mol. The van der Waals surface area contributed by atoms with Gasteiger partial charge in [0.15, 0.2) is 0 Å². The van der Waals surface area contributed by atoms with E-state index in [0.717, 1.165) is 91.9 Å². The molecule has 7 aromatic rings. The predicted octanol–water partition coefficient (Wildman–Crippen LogP) is 10.0. The number of hydrogen-bond acceptors (Lipinski definition) is 10. The molecule has 15 nitrogen and oxygen atoms in total. The van der Waals surface area contributed by atoms with Crippen LogP contribution in [-0.4, -0.2) is 95.2 Å². The molecule has 4 aromatic carbocycles. The molecule has 0 radical (unpaired) electrons. The number of likely N-dealkylation sites (tertiary alicyclic amines) is 1. The Morgan fingerprint density at radius 2 is 1.48 bits per heavy atom. The summed E-state index contributed by atoms with van der Waals surface area (Å²) in [7, 11) is 0. The molecule has 4 amide bonds. The van der Waals surface area contributed by atoms with E-state index in [-0.39, 0.29) is 55.8 Å². The van der Waals surface area contributed by atoms with Crippen LogP contribution in [0.4, 0.5) is 0 Å². The second-order valence-electron chi connectivity index (χ2n) is 23.0. The summed E-state index contributed by atoms with van der Waals surface area (Å²) in [6.07, 6.45) is 8.50. The third-order valence-corrected chi connectivity index (χ3v) is 16.8. The highest BCUT2D eigenvalue weighted by Crippen LogP contribution is 2.40. The summed E-state index contributed by atoms with van der Waals surface area (Å²) in [5.41, 5.74) is 11.3. The molecule has 16 heteroatoms. The maximum atomic E-state index is 14.1. The molecule has 82 heavy (non-hydrogen) atoms. The van der Waals surface area contributed by atoms with Crippen LogP contribution in [-0.2, 0) is 32.3 Å². The molecular weight excluding hydrogens is 1050 g/mol. The Labute approximate surface area is 485 Å². The molecule has 428 valence electrons. The van der Waals surface area contributed by atoms with E-state index in [1.54, 1.807) is 11.3 Å². The SMILES string of the molecule is Cc1ncsc1-c1ccc(CNC(=O)[C@@H]2C[C@@H](O)CN2C(=O)[C@@H](NC(=O)CCCCCC(=O)NCCCCC#Cc2cccc(Cn3c(-c4ccccc4)c(-c4ccccc4)c4c(=N)n(C5CCC(O)CC5)cnc43)c2)C(C)(C)C)cc1. The lowest BCUT2D eigenvalue weighted by atomic mass is 9.85. The summed E-state index contributed by atoms with van der Waals surface area (Å²) in [6, 6.07) is 35.1. The zero-order valence-corrected chi connectivity index (χ0v) is 48.4. The number of aliphatic hydroxyl groups is 2. The number of nitrogens with one attached hydrogen (secondary N) is 4. The van der Waals surface area contributed by atoms with Crippen molar-refractivity contribution in [3.8, 4) is 44.7 Å². The number of thiazole rings is 1. The van der Waals surface area contributed by atoms with Gasteiger partial charge in [0.2, 0.25) is 23.6 Å². The summed E-state index contributed by atoms with van der Waals surface area (Å²) in [4.78, 5) is 65.5. The van der Waals surface area contributed by atoms with Gasteiger partial charge in [0.1, 0.15) is 23.2 Å². The Hall–Kier alpha value is -7.71. The number of amides is 4. The summed E-state index contributed by atoms with van der Waals surface area (Å²) < 4.78 is 4.25. The number of aliphatic hydroxyl groups excluding tert-OH is 2. The van der Waals surface area contributed by atoms with Gasteiger partial charge in [0, 0.05) is 69.0 Å². The fraction of sp³-hybridized carbons (Fsp3) is 0.409. The molecule has 1 saturated carbocycles. The topological polar surface area (TPSA) is 208 Å². The average Bonchev–Trinajstić information content (AvgIpc) is 4.16. The third kappa shape index (κ3) is 14.7. The van der Waals surface area contributed by atoms with Crippen molar-refractivity contribution >= 4 is 46.0 Å². The molecule has 2 fully saturated rings. The first-order valence-electron chi connectivity index (χ1n) is 29.0. The van der Waals surface area contributed by atoms with E-state index >= 15 is 0 Å². The summed E-state index contributed by atoms with van der Waals surface area (Å²) in [5.74, 6) is 5.63. The van der Waals surface area contributed by atoms with Crippen molar-refractivity contribution < 1.29 is 29.4 Å². The van der Waals surface area contributed by atoms with Gasteiger partial charge in [-0.25, -0.2) is 9.97 Å². The van der Waals surface area contributed by atoms with Crippen LogP contribution in [0.25, 0.3) is 43.9 Å². The number of carbonyl (C=O) groups is 4. The Morgan fingerprint density at radius 3 is 2.17 bits per heavy atom. The highest BCUT2D eigenvalue weighted by molar-refractivity contribution is 7.13. The molecule has 6 N–H and O–H groups in total. The molecule has 9 rings (SSSR count). The summed E-state index contributed by atoms with van der Waals surface area (Å²) in [6.45, 7) is 8.91. The first kappa shape index (κ1) is 58.9. The van der Waals surface area contributed by atoms with Crippen LogP contribution in [0.5, 0.6) is 0 Å². The van der Waals surface area contributed by atoms with Gasteiger partial charge in [0.25, 0.3) is 0 Å². The standard InChI is InChI=1S/C66H77N9O6S/c1-44-60(82-43-71-44)50-30-28-46(29-31-50)39-69-64(80)54-38-53(77)41-73(54)65(81)61(66(2,3)4)72-56(79)27-16-9-15-26-55(78)68-36-17-6-5-10-19-45-20-18-21-47(37-45)40-74-59(49-24-13-8-14-25-49)57(48-22-11-7-12-23-48)58-62(67)75(42-70-63(58)74)51-32-34-52(76)35-33-51/h7-8,11-14,18,20-25,28-31,37,42-43,51-54,61,67,76-77H,5-6,9,15-17,26-27,32-36,38-41H2,1-4H3,(H,68,78)(H,69,80)(H,72,79)/t51?,52?,53-,54+,61-/m1/s1. The average molecular weight is 1120 g/mol. The fourth-order valence-corrected chi connectivity index (χ4v) is 12.1. The molecule has 3 aromatic heterocycles. The van der Waals surface area contributed by atoms with Gasteiger partial charge >= 0.3 is 0 Å². The number of fused-ring (bicyclic) bond motifs is 1. The Bertz CT molecular complexity index is 3460. The number of nitrogens with zero attached hydrogens (tertiary/aromatic N) is 5. The summed E-state index contributed by atoms with van der Waals surface area (Å²) >= 11 is 1.58. The van der Waals surface area contributed by atoms with Gasteiger partial charge in [-0.15, -0.1) is 11.3 Å². The molecule has 0 bridgehead atoms. The molecule has 4 heterocycles. The lowest BCUT2D eigenvalue weighted by Crippen LogP contribution is -2.57. The molecule has 1 aliphatic heterocycles. The van der Waals surface area contributed by atoms with Crippen LogP contribution in [0.2, 0.25) is 0 Å². The minimum absolute atomic E-state index is 0.000574. The maximum absolute atomic E-state index is 14.1. The van der Waals surface area contributed by atoms with Gasteiger partial charge in [-0.2, -0.15) is 0 Å². The van der Waals surface area contributed by atoms with Crippen LogP contribution in [0, 0.1) is 29.6 Å². The predicted molar refractivity (Wildman–Crippen MR) is 322 cm³/mol. The van der Waals surface area contributed by atoms with Crippen LogP contribution >= 0.6 is 11.3 Å². The normalized spacial score (nSPS) is 17.5. The zero-order chi connectivity index (χ0) is 57.8. The number of hydrogen-bond donors (Lipinski definition) is 6. The van der Waals surface area contributed by atoms with E-state index in [2.05, 4.69) is 73.7 Å². The lowest BCUT2D eigenvalue weighted by molar-refractivity contribution is -0.144. The summed E-state index contributed by atoms with van der Waals surface area (Å²) in [5, 5.41) is 40.3. The van der Waals surface area contributed by atoms with E-state index < -0.39 is 29.5 Å². The van der Waals surface area contributed by atoms with Gasteiger partial charge in [-0.1, -0.05) is 136 Å². The van der Waals surface area contributed by atoms with Crippen molar-refractivity contribution in [3.63, 3.8) is 0 Å². The van der Waals surface area contributed by atoms with Crippen molar-refractivity contribution in [3.05, 3.63) is 149 Å². The van der Waals surface area contributed by atoms with Gasteiger partial charge < -0.3 is 40.2 Å². The molecule has 3 atom stereocenters. The lowest BCUT2D eigenvalue weighted by Gasteiger charge is -2.35. The second-order valence-corrected chi connectivity index (χ2v) is 23.9. The van der Waals surface area contributed by atoms with Crippen molar-refractivity contribution in [2.45, 2.75) is 155 Å². The second kappa shape index (κ2) is 27.4. The quantitative estimate of drug-likeness (QED) is 0.0301. The molecule has 1 saturated heterocycles. The largest absolute Gasteiger partial charge is 0.393 e. The first-order valence-corrected chi connectivity index (χ1v) is 29.9. The molecule has 0 spiro atoms. The number of rotatable bonds is 21. The van der Waals surface area contributed by atoms with Crippen LogP contribution in [0.15, 0.2) is 121 Å². The van der Waals surface area contributed by atoms with Gasteiger partial charge in [-0.3, -0.25) is 24.6 Å². The van der Waals surface area contributed by atoms with E-state index in [1.165, 1.54) is 4.90 Å². The van der Waals surface area contributed by atoms with E-state index in [4.69, 9.17) is 4.98 Å². The van der Waals surface area contributed by atoms with E-state index in [9.17, 15) is 34.8 Å². The molecule has 0 unspecified atom stereocenters. The van der Waals surface area contributed by atoms with E-state index in [0.29, 0.717) is 63.5 Å². The molecule has 2 aliphatic rings. The van der Waals surface area contributed by atoms with Gasteiger partial charge in [0.05, 0.1) is 45.7 Å². The first-order chi connectivity index (χ1) is 39.6. The van der Waals surface area contributed by atoms with Crippen LogP contribution in [0.1, 0.15) is 133 Å². The highest BCUT2D eigenvalue weighted by atomic mass is 32.1. The molecular formula is C66H77N9O6S. The van der Waals surface area contributed by atoms with Gasteiger partial charge in [-0.05, 0) is 104 Å². The van der Waals surface area contributed by atoms with Crippen molar-refractivity contribution in [1.82, 2.24) is 40.0 Å². The smallest absolute Gasteiger partial charge is 0.246 e. The zero-order valence-electron chi connectivity index (χ0n) is 47.6. The Kier molecular flexibility index (Phi) is 19.7. The maximum Gasteiger partial charge on any atom is 0.246 e. The minimum atomic E-state index is -0.910. The number of aryl methyl sites for hydroxylation is 1.